The summed E-state index contributed by atoms with van der Waals surface area (Å²) in [6.07, 6.45) is 0. The Hall–Kier alpha value is -1.47. The predicted octanol–water partition coefficient (Wildman–Crippen LogP) is 4.99. The van der Waals surface area contributed by atoms with Gasteiger partial charge in [-0.3, -0.25) is 4.79 Å². The third-order valence-electron chi connectivity index (χ3n) is 2.99. The molecule has 0 radical (unpaired) electrons. The van der Waals surface area contributed by atoms with Crippen molar-refractivity contribution in [1.82, 2.24) is 0 Å². The molecule has 0 unspecified atom stereocenters. The van der Waals surface area contributed by atoms with Crippen LogP contribution < -0.4 is 14.8 Å². The highest BCUT2D eigenvalue weighted by Gasteiger charge is 2.14. The van der Waals surface area contributed by atoms with E-state index in [9.17, 15) is 4.79 Å². The summed E-state index contributed by atoms with van der Waals surface area (Å²) < 4.78 is 11.8. The lowest BCUT2D eigenvalue weighted by molar-refractivity contribution is 0.102. The minimum Gasteiger partial charge on any atom is -0.494 e. The molecule has 2 rings (SSSR count). The van der Waals surface area contributed by atoms with E-state index in [1.165, 1.54) is 0 Å². The van der Waals surface area contributed by atoms with E-state index < -0.39 is 0 Å². The molecule has 0 heterocycles. The number of anilines is 1. The minimum atomic E-state index is -0.222. The quantitative estimate of drug-likeness (QED) is 0.637. The molecule has 122 valence electrons. The van der Waals surface area contributed by atoms with Crippen LogP contribution in [-0.2, 0) is 0 Å². The van der Waals surface area contributed by atoms with E-state index in [2.05, 4.69) is 27.9 Å². The molecule has 0 aliphatic carbocycles. The molecule has 6 heteroatoms. The summed E-state index contributed by atoms with van der Waals surface area (Å²) in [6.45, 7) is 4.86. The largest absolute Gasteiger partial charge is 0.494 e. The minimum absolute atomic E-state index is 0.222. The van der Waals surface area contributed by atoms with Crippen molar-refractivity contribution in [2.75, 3.05) is 18.5 Å². The lowest BCUT2D eigenvalue weighted by Crippen LogP contribution is -2.14. The monoisotopic (exact) mass is 445 g/mol. The number of carbonyl (C=O) groups is 1. The molecule has 0 aliphatic rings. The molecule has 0 aromatic heterocycles. The van der Waals surface area contributed by atoms with E-state index in [0.717, 1.165) is 3.57 Å². The number of ether oxygens (including phenoxy) is 2. The average molecular weight is 446 g/mol. The molecule has 0 bridgehead atoms. The normalized spacial score (nSPS) is 10.3. The van der Waals surface area contributed by atoms with Crippen LogP contribution in [0.5, 0.6) is 11.5 Å². The maximum Gasteiger partial charge on any atom is 0.256 e. The molecule has 23 heavy (non-hydrogen) atoms. The number of carbonyl (C=O) groups excluding carboxylic acids is 1. The van der Waals surface area contributed by atoms with Gasteiger partial charge in [-0.25, -0.2) is 0 Å². The van der Waals surface area contributed by atoms with Crippen LogP contribution in [-0.4, -0.2) is 19.1 Å². The molecule has 0 fully saturated rings. The first-order valence-corrected chi connectivity index (χ1v) is 8.66. The standard InChI is InChI=1S/C17H17ClINO3/c1-3-22-12-6-8-16(23-4-2)15(10-12)20-17(21)13-7-5-11(18)9-14(13)19/h5-10H,3-4H2,1-2H3,(H,20,21). The molecule has 0 saturated carbocycles. The number of amides is 1. The van der Waals surface area contributed by atoms with Gasteiger partial charge in [0.1, 0.15) is 11.5 Å². The summed E-state index contributed by atoms with van der Waals surface area (Å²) in [6, 6.07) is 10.5. The molecule has 0 saturated heterocycles. The number of benzene rings is 2. The Bertz CT molecular complexity index is 706. The maximum atomic E-state index is 12.5. The van der Waals surface area contributed by atoms with Crippen molar-refractivity contribution in [3.8, 4) is 11.5 Å². The molecule has 1 N–H and O–H groups in total. The van der Waals surface area contributed by atoms with E-state index in [0.29, 0.717) is 41.0 Å². The van der Waals surface area contributed by atoms with Crippen molar-refractivity contribution in [3.05, 3.63) is 50.6 Å². The van der Waals surface area contributed by atoms with Crippen LogP contribution >= 0.6 is 34.2 Å². The van der Waals surface area contributed by atoms with Crippen molar-refractivity contribution in [1.29, 1.82) is 0 Å². The average Bonchev–Trinajstić information content (AvgIpc) is 2.50. The molecule has 1 amide bonds. The van der Waals surface area contributed by atoms with Gasteiger partial charge in [0, 0.05) is 14.7 Å². The molecule has 2 aromatic rings. The Balaban J connectivity index is 2.29. The van der Waals surface area contributed by atoms with E-state index in [1.54, 1.807) is 30.3 Å². The van der Waals surface area contributed by atoms with Crippen molar-refractivity contribution in [2.45, 2.75) is 13.8 Å². The summed E-state index contributed by atoms with van der Waals surface area (Å²) in [5, 5.41) is 3.48. The van der Waals surface area contributed by atoms with Gasteiger partial charge in [0.05, 0.1) is 24.5 Å². The number of hydrogen-bond donors (Lipinski definition) is 1. The molecule has 4 nitrogen and oxygen atoms in total. The van der Waals surface area contributed by atoms with Gasteiger partial charge in [0.2, 0.25) is 0 Å². The van der Waals surface area contributed by atoms with Crippen LogP contribution in [0.15, 0.2) is 36.4 Å². The smallest absolute Gasteiger partial charge is 0.256 e. The van der Waals surface area contributed by atoms with Crippen molar-refractivity contribution < 1.29 is 14.3 Å². The van der Waals surface area contributed by atoms with Gasteiger partial charge in [0.25, 0.3) is 5.91 Å². The van der Waals surface area contributed by atoms with Crippen LogP contribution in [0.4, 0.5) is 5.69 Å². The SMILES string of the molecule is CCOc1ccc(OCC)c(NC(=O)c2ccc(Cl)cc2I)c1. The fraction of sp³-hybridized carbons (Fsp3) is 0.235. The molecular formula is C17H17ClINO3. The lowest BCUT2D eigenvalue weighted by Gasteiger charge is -2.14. The number of nitrogens with one attached hydrogen (secondary N) is 1. The zero-order valence-electron chi connectivity index (χ0n) is 12.9. The van der Waals surface area contributed by atoms with Crippen LogP contribution in [0.3, 0.4) is 0 Å². The lowest BCUT2D eigenvalue weighted by atomic mass is 10.2. The van der Waals surface area contributed by atoms with Gasteiger partial charge in [-0.2, -0.15) is 0 Å². The number of rotatable bonds is 6. The first-order valence-electron chi connectivity index (χ1n) is 7.21. The highest BCUT2D eigenvalue weighted by Crippen LogP contribution is 2.30. The number of halogens is 2. The molecule has 2 aromatic carbocycles. The Kier molecular flexibility index (Phi) is 6.53. The van der Waals surface area contributed by atoms with Crippen LogP contribution in [0.25, 0.3) is 0 Å². The van der Waals surface area contributed by atoms with Gasteiger partial charge in [-0.15, -0.1) is 0 Å². The van der Waals surface area contributed by atoms with Gasteiger partial charge >= 0.3 is 0 Å². The van der Waals surface area contributed by atoms with Gasteiger partial charge < -0.3 is 14.8 Å². The second kappa shape index (κ2) is 8.40. The summed E-state index contributed by atoms with van der Waals surface area (Å²) in [5.41, 5.74) is 1.13. The van der Waals surface area contributed by atoms with Crippen LogP contribution in [0.2, 0.25) is 5.02 Å². The third-order valence-corrected chi connectivity index (χ3v) is 4.11. The number of hydrogen-bond acceptors (Lipinski definition) is 3. The zero-order valence-corrected chi connectivity index (χ0v) is 15.8. The van der Waals surface area contributed by atoms with E-state index >= 15 is 0 Å². The highest BCUT2D eigenvalue weighted by atomic mass is 127. The van der Waals surface area contributed by atoms with Crippen molar-refractivity contribution in [3.63, 3.8) is 0 Å². The molecule has 0 spiro atoms. The summed E-state index contributed by atoms with van der Waals surface area (Å²) in [7, 11) is 0. The van der Waals surface area contributed by atoms with Gasteiger partial charge in [-0.05, 0) is 66.8 Å². The topological polar surface area (TPSA) is 47.6 Å². The Morgan fingerprint density at radius 3 is 2.52 bits per heavy atom. The molecule has 0 atom stereocenters. The van der Waals surface area contributed by atoms with E-state index in [4.69, 9.17) is 21.1 Å². The summed E-state index contributed by atoms with van der Waals surface area (Å²) in [4.78, 5) is 12.5. The highest BCUT2D eigenvalue weighted by molar-refractivity contribution is 14.1. The summed E-state index contributed by atoms with van der Waals surface area (Å²) >= 11 is 8.02. The summed E-state index contributed by atoms with van der Waals surface area (Å²) in [5.74, 6) is 1.06. The molecular weight excluding hydrogens is 429 g/mol. The fourth-order valence-corrected chi connectivity index (χ4v) is 3.12. The third kappa shape index (κ3) is 4.75. The zero-order chi connectivity index (χ0) is 16.8. The fourth-order valence-electron chi connectivity index (χ4n) is 2.01. The Morgan fingerprint density at radius 2 is 1.87 bits per heavy atom. The van der Waals surface area contributed by atoms with Crippen LogP contribution in [0, 0.1) is 3.57 Å². The Morgan fingerprint density at radius 1 is 1.13 bits per heavy atom. The van der Waals surface area contributed by atoms with Crippen molar-refractivity contribution in [2.24, 2.45) is 0 Å². The van der Waals surface area contributed by atoms with Gasteiger partial charge in [0.15, 0.2) is 0 Å². The van der Waals surface area contributed by atoms with Gasteiger partial charge in [-0.1, -0.05) is 11.6 Å². The Labute approximate surface area is 154 Å². The maximum absolute atomic E-state index is 12.5. The predicted molar refractivity (Wildman–Crippen MR) is 101 cm³/mol. The molecule has 0 aliphatic heterocycles. The first-order chi connectivity index (χ1) is 11.0. The van der Waals surface area contributed by atoms with Crippen molar-refractivity contribution >= 4 is 45.8 Å². The second-order valence-corrected chi connectivity index (χ2v) is 6.20. The van der Waals surface area contributed by atoms with E-state index in [1.807, 2.05) is 19.9 Å². The second-order valence-electron chi connectivity index (χ2n) is 4.60. The first kappa shape index (κ1) is 17.9. The van der Waals surface area contributed by atoms with Crippen LogP contribution in [0.1, 0.15) is 24.2 Å². The van der Waals surface area contributed by atoms with E-state index in [-0.39, 0.29) is 5.91 Å².